The average molecular weight is 1250 g/mol. The maximum Gasteiger partial charge on any atom is 0.306 e. The van der Waals surface area contributed by atoms with Gasteiger partial charge in [-0.15, -0.1) is 0 Å². The second kappa shape index (κ2) is 68.3. The number of hydrogen-bond acceptors (Lipinski definition) is 8. The molecule has 0 bridgehead atoms. The Morgan fingerprint density at radius 1 is 0.364 bits per heavy atom. The Morgan fingerprint density at radius 3 is 0.966 bits per heavy atom. The summed E-state index contributed by atoms with van der Waals surface area (Å²) in [6, 6.07) is 0. The first-order valence-electron chi connectivity index (χ1n) is 36.9. The van der Waals surface area contributed by atoms with Gasteiger partial charge < -0.3 is 27.9 Å². The zero-order chi connectivity index (χ0) is 64.1. The van der Waals surface area contributed by atoms with Gasteiger partial charge in [-0.2, -0.15) is 0 Å². The Kier molecular flexibility index (Phi) is 65.9. The van der Waals surface area contributed by atoms with Crippen LogP contribution in [-0.4, -0.2) is 70.0 Å². The van der Waals surface area contributed by atoms with Crippen LogP contribution in [0.3, 0.4) is 0 Å². The van der Waals surface area contributed by atoms with Crippen molar-refractivity contribution in [2.75, 3.05) is 47.5 Å². The number of hydrogen-bond donors (Lipinski definition) is 0. The highest BCUT2D eigenvalue weighted by atomic mass is 31.2. The molecule has 0 aromatic heterocycles. The third kappa shape index (κ3) is 72.0. The van der Waals surface area contributed by atoms with Crippen LogP contribution in [0.1, 0.15) is 335 Å². The van der Waals surface area contributed by atoms with Crippen LogP contribution in [0.15, 0.2) is 97.2 Å². The van der Waals surface area contributed by atoms with E-state index in [9.17, 15) is 19.0 Å². The van der Waals surface area contributed by atoms with Crippen molar-refractivity contribution >= 4 is 19.8 Å². The van der Waals surface area contributed by atoms with Gasteiger partial charge in [0.05, 0.1) is 27.7 Å². The fourth-order valence-corrected chi connectivity index (χ4v) is 11.2. The molecule has 0 N–H and O–H groups in total. The van der Waals surface area contributed by atoms with Crippen molar-refractivity contribution in [3.63, 3.8) is 0 Å². The molecule has 0 spiro atoms. The lowest BCUT2D eigenvalue weighted by molar-refractivity contribution is -0.870. The van der Waals surface area contributed by atoms with E-state index in [1.165, 1.54) is 212 Å². The number of esters is 2. The molecule has 0 fully saturated rings. The van der Waals surface area contributed by atoms with Gasteiger partial charge in [0.1, 0.15) is 19.8 Å². The van der Waals surface area contributed by atoms with E-state index in [0.717, 1.165) is 89.9 Å². The highest BCUT2D eigenvalue weighted by Crippen LogP contribution is 2.38. The molecule has 0 aliphatic heterocycles. The summed E-state index contributed by atoms with van der Waals surface area (Å²) in [5, 5.41) is 0. The fourth-order valence-electron chi connectivity index (χ4n) is 10.5. The Balaban J connectivity index is 3.93. The van der Waals surface area contributed by atoms with Crippen LogP contribution in [0.25, 0.3) is 0 Å². The molecule has 0 amide bonds. The van der Waals surface area contributed by atoms with Crippen molar-refractivity contribution in [3.8, 4) is 0 Å². The highest BCUT2D eigenvalue weighted by Gasteiger charge is 2.22. The maximum absolute atomic E-state index is 12.8. The predicted octanol–water partition coefficient (Wildman–Crippen LogP) is 23.6. The van der Waals surface area contributed by atoms with Crippen LogP contribution in [-0.2, 0) is 32.7 Å². The van der Waals surface area contributed by atoms with Gasteiger partial charge in [0.2, 0.25) is 0 Å². The normalized spacial score (nSPS) is 13.7. The van der Waals surface area contributed by atoms with Crippen LogP contribution in [0, 0.1) is 0 Å². The average Bonchev–Trinajstić information content (AvgIpc) is 3.68. The molecular formula is C78H140NO8P. The monoisotopic (exact) mass is 1250 g/mol. The first-order valence-corrected chi connectivity index (χ1v) is 38.4. The molecule has 0 aromatic carbocycles. The molecule has 2 atom stereocenters. The minimum absolute atomic E-state index is 0.0357. The van der Waals surface area contributed by atoms with Gasteiger partial charge in [0, 0.05) is 12.8 Å². The van der Waals surface area contributed by atoms with Crippen molar-refractivity contribution in [2.24, 2.45) is 0 Å². The van der Waals surface area contributed by atoms with Crippen LogP contribution in [0.2, 0.25) is 0 Å². The number of likely N-dealkylation sites (N-methyl/N-ethyl adjacent to an activating group) is 1. The molecule has 0 saturated heterocycles. The molecule has 510 valence electrons. The second-order valence-electron chi connectivity index (χ2n) is 25.9. The van der Waals surface area contributed by atoms with Crippen molar-refractivity contribution in [1.29, 1.82) is 0 Å². The Hall–Kier alpha value is -3.07. The van der Waals surface area contributed by atoms with Gasteiger partial charge in [-0.05, 0) is 96.3 Å². The van der Waals surface area contributed by atoms with Gasteiger partial charge in [-0.1, -0.05) is 323 Å². The van der Waals surface area contributed by atoms with Crippen molar-refractivity contribution in [3.05, 3.63) is 97.2 Å². The molecule has 9 nitrogen and oxygen atoms in total. The number of quaternary nitrogens is 1. The molecule has 0 aromatic rings. The van der Waals surface area contributed by atoms with E-state index < -0.39 is 26.5 Å². The first-order chi connectivity index (χ1) is 43.0. The second-order valence-corrected chi connectivity index (χ2v) is 27.3. The summed E-state index contributed by atoms with van der Waals surface area (Å²) < 4.78 is 34.3. The van der Waals surface area contributed by atoms with Crippen LogP contribution in [0.5, 0.6) is 0 Å². The third-order valence-electron chi connectivity index (χ3n) is 16.1. The van der Waals surface area contributed by atoms with E-state index in [4.69, 9.17) is 18.5 Å². The van der Waals surface area contributed by atoms with Crippen LogP contribution < -0.4 is 4.89 Å². The van der Waals surface area contributed by atoms with Crippen LogP contribution >= 0.6 is 7.82 Å². The maximum atomic E-state index is 12.8. The zero-order valence-corrected chi connectivity index (χ0v) is 59.1. The SMILES string of the molecule is CC/C=C\C/C=C\C/C=C\C/C=C\C/C=C\CCCCCCCCCC(=O)OC(COC(=O)CCCCCCCCCCCCCCCCCCCCCCCCCCCC/C=C\C/C=C\C/C=C\CCCCCCC)COP(=O)([O-])OCC[N+](C)(C)C. The Labute approximate surface area is 544 Å². The molecule has 88 heavy (non-hydrogen) atoms. The molecule has 0 saturated carbocycles. The molecule has 0 radical (unpaired) electrons. The topological polar surface area (TPSA) is 111 Å². The van der Waals surface area contributed by atoms with E-state index >= 15 is 0 Å². The minimum Gasteiger partial charge on any atom is -0.756 e. The molecular weight excluding hydrogens is 1110 g/mol. The molecule has 0 aliphatic carbocycles. The van der Waals surface area contributed by atoms with Crippen LogP contribution in [0.4, 0.5) is 0 Å². The molecule has 10 heteroatoms. The van der Waals surface area contributed by atoms with E-state index in [0.29, 0.717) is 17.4 Å². The number of unbranched alkanes of at least 4 members (excludes halogenated alkanes) is 38. The summed E-state index contributed by atoms with van der Waals surface area (Å²) in [7, 11) is 1.16. The highest BCUT2D eigenvalue weighted by molar-refractivity contribution is 7.45. The first kappa shape index (κ1) is 84.9. The van der Waals surface area contributed by atoms with Gasteiger partial charge >= 0.3 is 11.9 Å². The van der Waals surface area contributed by atoms with E-state index in [1.54, 1.807) is 0 Å². The van der Waals surface area contributed by atoms with Gasteiger partial charge in [0.15, 0.2) is 6.10 Å². The lowest BCUT2D eigenvalue weighted by atomic mass is 10.0. The van der Waals surface area contributed by atoms with Crippen molar-refractivity contribution in [2.45, 2.75) is 341 Å². The number of allylic oxidation sites excluding steroid dienone is 16. The van der Waals surface area contributed by atoms with Gasteiger partial charge in [0.25, 0.3) is 7.82 Å². The molecule has 0 rings (SSSR count). The number of nitrogens with zero attached hydrogens (tertiary/aromatic N) is 1. The Morgan fingerprint density at radius 2 is 0.648 bits per heavy atom. The number of carbonyl (C=O) groups is 2. The standard InChI is InChI=1S/C78H140NO8P/c1-6-8-10-12-14-16-18-20-22-24-26-28-30-31-32-33-34-35-36-37-38-39-40-41-42-43-44-45-46-47-49-50-52-54-56-58-60-62-64-66-68-70-77(80)84-74-76(75-86-88(82,83)85-73-72-79(3,4)5)87-78(81)71-69-67-65-63-61-59-57-55-53-51-48-29-27-25-23-21-19-17-15-13-11-9-7-2/h9,11,15,17-18,20-21,23-24,26-27,29-31,51,53,76H,6-8,10,12-14,16,19,22,25,28,32-50,52,54-75H2,1-5H3/b11-9-,17-15-,20-18-,23-21-,26-24-,29-27-,31-30-,53-51-. The lowest BCUT2D eigenvalue weighted by Crippen LogP contribution is -2.37. The molecule has 0 aliphatic rings. The van der Waals surface area contributed by atoms with E-state index in [1.807, 2.05) is 21.1 Å². The predicted molar refractivity (Wildman–Crippen MR) is 379 cm³/mol. The third-order valence-corrected chi connectivity index (χ3v) is 17.1. The fraction of sp³-hybridized carbons (Fsp3) is 0.769. The van der Waals surface area contributed by atoms with E-state index in [2.05, 4.69) is 111 Å². The smallest absolute Gasteiger partial charge is 0.306 e. The number of rotatable bonds is 68. The number of phosphoric acid groups is 1. The summed E-state index contributed by atoms with van der Waals surface area (Å²) in [5.74, 6) is -0.837. The quantitative estimate of drug-likeness (QED) is 0.0195. The number of phosphoric ester groups is 1. The summed E-state index contributed by atoms with van der Waals surface area (Å²) in [6.07, 6.45) is 95.2. The van der Waals surface area contributed by atoms with Gasteiger partial charge in [-0.25, -0.2) is 0 Å². The molecule has 2 unspecified atom stereocenters. The summed E-state index contributed by atoms with van der Waals surface area (Å²) in [6.45, 7) is 4.13. The Bertz CT molecular complexity index is 1810. The summed E-state index contributed by atoms with van der Waals surface area (Å²) in [5.41, 5.74) is 0. The van der Waals surface area contributed by atoms with Crippen molar-refractivity contribution < 1.29 is 42.1 Å². The minimum atomic E-state index is -4.65. The van der Waals surface area contributed by atoms with Gasteiger partial charge in [-0.3, -0.25) is 14.2 Å². The van der Waals surface area contributed by atoms with E-state index in [-0.39, 0.29) is 32.0 Å². The summed E-state index contributed by atoms with van der Waals surface area (Å²) in [4.78, 5) is 38.1. The lowest BCUT2D eigenvalue weighted by Gasteiger charge is -2.28. The number of ether oxygens (including phenoxy) is 2. The van der Waals surface area contributed by atoms with Crippen molar-refractivity contribution in [1.82, 2.24) is 0 Å². The number of carbonyl (C=O) groups excluding carboxylic acids is 2. The summed E-state index contributed by atoms with van der Waals surface area (Å²) >= 11 is 0. The molecule has 0 heterocycles. The zero-order valence-electron chi connectivity index (χ0n) is 58.2. The largest absolute Gasteiger partial charge is 0.756 e.